The molecule has 0 saturated carbocycles. The zero-order chi connectivity index (χ0) is 19.2. The Balaban J connectivity index is 0.00000225. The number of amides is 1. The number of aliphatic hydroxyl groups excluding tert-OH is 1. The van der Waals surface area contributed by atoms with E-state index in [0.29, 0.717) is 24.0 Å². The molecule has 2 aliphatic rings. The monoisotopic (exact) mass is 421 g/mol. The normalized spacial score (nSPS) is 32.0. The van der Waals surface area contributed by atoms with Gasteiger partial charge in [0.25, 0.3) is 7.82 Å². The van der Waals surface area contributed by atoms with Gasteiger partial charge in [-0.15, -0.1) is 0 Å². The Morgan fingerprint density at radius 3 is 3.00 bits per heavy atom. The third-order valence-electron chi connectivity index (χ3n) is 4.32. The van der Waals surface area contributed by atoms with E-state index in [-0.39, 0.29) is 47.9 Å². The van der Waals surface area contributed by atoms with Crippen LogP contribution in [0, 0.1) is 0 Å². The van der Waals surface area contributed by atoms with E-state index in [1.165, 1.54) is 17.2 Å². The smallest absolute Gasteiger partial charge is 0.756 e. The molecule has 12 nitrogen and oxygen atoms in total. The fourth-order valence-electron chi connectivity index (χ4n) is 3.11. The molecule has 4 rings (SSSR count). The average Bonchev–Trinajstić information content (AvgIpc) is 3.17. The second-order valence-corrected chi connectivity index (χ2v) is 7.58. The summed E-state index contributed by atoms with van der Waals surface area (Å²) in [6, 6.07) is 0. The number of fused-ring (bicyclic) bond motifs is 2. The van der Waals surface area contributed by atoms with Crippen LogP contribution in [0.25, 0.3) is 11.2 Å². The van der Waals surface area contributed by atoms with Crippen molar-refractivity contribution in [2.24, 2.45) is 0 Å². The predicted molar refractivity (Wildman–Crippen MR) is 87.2 cm³/mol. The van der Waals surface area contributed by atoms with E-state index in [1.807, 2.05) is 6.92 Å². The molecule has 14 heteroatoms. The summed E-state index contributed by atoms with van der Waals surface area (Å²) in [5, 5.41) is 13.2. The molecule has 2 aromatic rings. The Kier molecular flexibility index (Phi) is 6.54. The average molecular weight is 421 g/mol. The summed E-state index contributed by atoms with van der Waals surface area (Å²) in [4.78, 5) is 35.7. The van der Waals surface area contributed by atoms with Crippen LogP contribution >= 0.6 is 7.82 Å². The van der Waals surface area contributed by atoms with Crippen LogP contribution in [0.5, 0.6) is 0 Å². The SMILES string of the molecule is CCCC(=O)Nc1ncnc2c1ncn2[C@@H]1O[C@@H]2COP(=O)([O-])OC2[C@@H]1O.[Na+]. The molecular formula is C14H17N5NaO7P. The van der Waals surface area contributed by atoms with Crippen LogP contribution in [0.1, 0.15) is 26.0 Å². The van der Waals surface area contributed by atoms with Crippen LogP contribution in [0.15, 0.2) is 12.7 Å². The number of carbonyl (C=O) groups is 1. The minimum Gasteiger partial charge on any atom is -0.756 e. The van der Waals surface area contributed by atoms with E-state index in [1.54, 1.807) is 0 Å². The zero-order valence-electron chi connectivity index (χ0n) is 15.2. The number of phosphoric ester groups is 1. The molecule has 2 fully saturated rings. The van der Waals surface area contributed by atoms with Gasteiger partial charge in [0.1, 0.15) is 24.6 Å². The van der Waals surface area contributed by atoms with Gasteiger partial charge in [0.2, 0.25) is 5.91 Å². The van der Waals surface area contributed by atoms with E-state index < -0.39 is 32.4 Å². The largest absolute Gasteiger partial charge is 1.00 e. The van der Waals surface area contributed by atoms with Gasteiger partial charge in [-0.05, 0) is 6.42 Å². The van der Waals surface area contributed by atoms with Crippen molar-refractivity contribution in [1.82, 2.24) is 19.5 Å². The van der Waals surface area contributed by atoms with Crippen molar-refractivity contribution in [1.29, 1.82) is 0 Å². The minimum absolute atomic E-state index is 0. The molecule has 146 valence electrons. The predicted octanol–water partition coefficient (Wildman–Crippen LogP) is -3.29. The maximum atomic E-state index is 11.8. The van der Waals surface area contributed by atoms with Gasteiger partial charge in [-0.3, -0.25) is 13.9 Å². The number of anilines is 1. The van der Waals surface area contributed by atoms with Crippen molar-refractivity contribution >= 4 is 30.7 Å². The van der Waals surface area contributed by atoms with Gasteiger partial charge in [0.15, 0.2) is 23.2 Å². The summed E-state index contributed by atoms with van der Waals surface area (Å²) >= 11 is 0. The molecule has 2 aliphatic heterocycles. The van der Waals surface area contributed by atoms with Crippen molar-refractivity contribution in [3.63, 3.8) is 0 Å². The second-order valence-electron chi connectivity index (χ2n) is 6.21. The molecule has 0 bridgehead atoms. The van der Waals surface area contributed by atoms with Crippen molar-refractivity contribution < 1.29 is 62.7 Å². The summed E-state index contributed by atoms with van der Waals surface area (Å²) in [5.41, 5.74) is 0.630. The molecule has 2 aromatic heterocycles. The van der Waals surface area contributed by atoms with Crippen LogP contribution < -0.4 is 39.8 Å². The van der Waals surface area contributed by atoms with E-state index in [4.69, 9.17) is 9.26 Å². The molecule has 2 unspecified atom stereocenters. The summed E-state index contributed by atoms with van der Waals surface area (Å²) in [6.45, 7) is 1.63. The van der Waals surface area contributed by atoms with Crippen molar-refractivity contribution in [2.45, 2.75) is 44.3 Å². The molecule has 28 heavy (non-hydrogen) atoms. The van der Waals surface area contributed by atoms with Crippen molar-refractivity contribution in [3.8, 4) is 0 Å². The number of imidazole rings is 1. The molecule has 2 saturated heterocycles. The first-order valence-electron chi connectivity index (χ1n) is 8.34. The van der Waals surface area contributed by atoms with Crippen molar-refractivity contribution in [3.05, 3.63) is 12.7 Å². The van der Waals surface area contributed by atoms with Gasteiger partial charge in [-0.2, -0.15) is 0 Å². The van der Waals surface area contributed by atoms with Crippen LogP contribution in [0.2, 0.25) is 0 Å². The van der Waals surface area contributed by atoms with Crippen LogP contribution in [0.3, 0.4) is 0 Å². The fraction of sp³-hybridized carbons (Fsp3) is 0.571. The summed E-state index contributed by atoms with van der Waals surface area (Å²) in [6.07, 6.45) is -0.469. The van der Waals surface area contributed by atoms with E-state index in [0.717, 1.165) is 0 Å². The summed E-state index contributed by atoms with van der Waals surface area (Å²) < 4.78 is 28.1. The molecule has 0 aromatic carbocycles. The number of aliphatic hydroxyl groups is 1. The van der Waals surface area contributed by atoms with E-state index in [2.05, 4.69) is 24.8 Å². The van der Waals surface area contributed by atoms with Gasteiger partial charge in [-0.1, -0.05) is 6.92 Å². The Bertz CT molecular complexity index is 927. The van der Waals surface area contributed by atoms with E-state index in [9.17, 15) is 19.4 Å². The third kappa shape index (κ3) is 4.02. The second kappa shape index (κ2) is 8.42. The van der Waals surface area contributed by atoms with Crippen LogP contribution in [0.4, 0.5) is 5.82 Å². The standard InChI is InChI=1S/C14H18N5O7P.Na/c1-2-3-8(20)18-12-9-13(16-5-15-12)19(6-17-9)14-10(21)11-7(25-14)4-24-27(22,23)26-11;/h5-7,10-11,14,21H,2-4H2,1H3,(H,22,23)(H,15,16,18,20);/q;+1/p-1/t7-,10+,11?,14-;/m1./s1. The number of phosphoric acid groups is 1. The first-order valence-corrected chi connectivity index (χ1v) is 9.80. The topological polar surface area (TPSA) is 161 Å². The number of ether oxygens (including phenoxy) is 1. The number of carbonyl (C=O) groups excluding carboxylic acids is 1. The van der Waals surface area contributed by atoms with Gasteiger partial charge in [-0.25, -0.2) is 15.0 Å². The first-order chi connectivity index (χ1) is 12.9. The Morgan fingerprint density at radius 1 is 1.46 bits per heavy atom. The molecule has 1 amide bonds. The third-order valence-corrected chi connectivity index (χ3v) is 5.29. The number of nitrogens with one attached hydrogen (secondary N) is 1. The number of hydrogen-bond donors (Lipinski definition) is 2. The number of aromatic nitrogens is 4. The minimum atomic E-state index is -4.46. The van der Waals surface area contributed by atoms with E-state index >= 15 is 0 Å². The number of rotatable bonds is 4. The van der Waals surface area contributed by atoms with Crippen LogP contribution in [-0.4, -0.2) is 55.5 Å². The van der Waals surface area contributed by atoms with Gasteiger partial charge in [0.05, 0.1) is 12.9 Å². The summed E-state index contributed by atoms with van der Waals surface area (Å²) in [5.74, 6) is 0.0395. The quantitative estimate of drug-likeness (QED) is 0.378. The maximum Gasteiger partial charge on any atom is 1.00 e. The molecule has 5 atom stereocenters. The molecular weight excluding hydrogens is 404 g/mol. The molecule has 2 N–H and O–H groups in total. The molecule has 4 heterocycles. The Hall–Kier alpha value is -0.950. The van der Waals surface area contributed by atoms with Crippen molar-refractivity contribution in [2.75, 3.05) is 11.9 Å². The zero-order valence-corrected chi connectivity index (χ0v) is 18.1. The van der Waals surface area contributed by atoms with Gasteiger partial charge < -0.3 is 29.1 Å². The number of hydrogen-bond acceptors (Lipinski definition) is 10. The molecule has 0 radical (unpaired) electrons. The fourth-order valence-corrected chi connectivity index (χ4v) is 4.06. The molecule has 0 spiro atoms. The summed E-state index contributed by atoms with van der Waals surface area (Å²) in [7, 11) is -4.46. The maximum absolute atomic E-state index is 11.8. The Morgan fingerprint density at radius 2 is 2.25 bits per heavy atom. The Labute approximate surface area is 181 Å². The number of nitrogens with zero attached hydrogens (tertiary/aromatic N) is 4. The van der Waals surface area contributed by atoms with Crippen LogP contribution in [-0.2, 0) is 23.1 Å². The van der Waals surface area contributed by atoms with Gasteiger partial charge in [0, 0.05) is 6.42 Å². The molecule has 0 aliphatic carbocycles. The first kappa shape index (κ1) is 21.8. The van der Waals surface area contributed by atoms with Gasteiger partial charge >= 0.3 is 29.6 Å².